The van der Waals surface area contributed by atoms with Crippen molar-refractivity contribution in [3.05, 3.63) is 35.4 Å². The first-order chi connectivity index (χ1) is 7.66. The summed E-state index contributed by atoms with van der Waals surface area (Å²) in [5.41, 5.74) is 2.41. The molecule has 1 aromatic carbocycles. The molecule has 1 aromatic rings. The second-order valence-corrected chi connectivity index (χ2v) is 3.86. The molecule has 0 amide bonds. The SMILES string of the molecule is CCOC(C)(OCC)c1ccc(CC)cc1. The van der Waals surface area contributed by atoms with Crippen molar-refractivity contribution in [1.29, 1.82) is 0 Å². The third-order valence-electron chi connectivity index (χ3n) is 2.73. The summed E-state index contributed by atoms with van der Waals surface area (Å²) in [4.78, 5) is 0. The topological polar surface area (TPSA) is 18.5 Å². The first-order valence-corrected chi connectivity index (χ1v) is 6.03. The highest BCUT2D eigenvalue weighted by atomic mass is 16.7. The molecule has 0 saturated heterocycles. The minimum Gasteiger partial charge on any atom is -0.346 e. The zero-order valence-corrected chi connectivity index (χ0v) is 10.7. The fraction of sp³-hybridized carbons (Fsp3) is 0.571. The number of hydrogen-bond donors (Lipinski definition) is 0. The van der Waals surface area contributed by atoms with E-state index < -0.39 is 5.79 Å². The van der Waals surface area contributed by atoms with Crippen molar-refractivity contribution in [1.82, 2.24) is 0 Å². The molecule has 0 heterocycles. The lowest BCUT2D eigenvalue weighted by molar-refractivity contribution is -0.229. The molecule has 0 bridgehead atoms. The van der Waals surface area contributed by atoms with Crippen molar-refractivity contribution in [3.8, 4) is 0 Å². The van der Waals surface area contributed by atoms with E-state index in [9.17, 15) is 0 Å². The molecule has 90 valence electrons. The molecule has 0 aliphatic carbocycles. The molecule has 0 saturated carbocycles. The van der Waals surface area contributed by atoms with Gasteiger partial charge in [0.2, 0.25) is 0 Å². The minimum atomic E-state index is -0.615. The number of aryl methyl sites for hydroxylation is 1. The van der Waals surface area contributed by atoms with E-state index in [0.717, 1.165) is 12.0 Å². The molecule has 0 unspecified atom stereocenters. The van der Waals surface area contributed by atoms with Crippen LogP contribution in [0.1, 0.15) is 38.8 Å². The van der Waals surface area contributed by atoms with E-state index in [1.807, 2.05) is 20.8 Å². The van der Waals surface area contributed by atoms with Gasteiger partial charge in [0.15, 0.2) is 5.79 Å². The summed E-state index contributed by atoms with van der Waals surface area (Å²) >= 11 is 0. The van der Waals surface area contributed by atoms with Crippen LogP contribution in [0.5, 0.6) is 0 Å². The van der Waals surface area contributed by atoms with Gasteiger partial charge in [-0.15, -0.1) is 0 Å². The van der Waals surface area contributed by atoms with Crippen LogP contribution in [0, 0.1) is 0 Å². The Balaban J connectivity index is 2.91. The summed E-state index contributed by atoms with van der Waals surface area (Å²) in [7, 11) is 0. The monoisotopic (exact) mass is 222 g/mol. The first kappa shape index (κ1) is 13.2. The maximum absolute atomic E-state index is 5.71. The average Bonchev–Trinajstić information content (AvgIpc) is 2.30. The van der Waals surface area contributed by atoms with Crippen LogP contribution in [0.25, 0.3) is 0 Å². The smallest absolute Gasteiger partial charge is 0.191 e. The molecule has 0 atom stereocenters. The van der Waals surface area contributed by atoms with Crippen molar-refractivity contribution in [2.45, 2.75) is 39.9 Å². The third-order valence-corrected chi connectivity index (χ3v) is 2.73. The Morgan fingerprint density at radius 3 is 1.81 bits per heavy atom. The molecule has 0 spiro atoms. The van der Waals surface area contributed by atoms with Crippen LogP contribution in [-0.2, 0) is 21.7 Å². The Morgan fingerprint density at radius 1 is 0.938 bits per heavy atom. The van der Waals surface area contributed by atoms with Gasteiger partial charge in [0.1, 0.15) is 0 Å². The van der Waals surface area contributed by atoms with Crippen LogP contribution in [-0.4, -0.2) is 13.2 Å². The average molecular weight is 222 g/mol. The van der Waals surface area contributed by atoms with Gasteiger partial charge < -0.3 is 9.47 Å². The van der Waals surface area contributed by atoms with Crippen LogP contribution >= 0.6 is 0 Å². The van der Waals surface area contributed by atoms with Crippen molar-refractivity contribution in [2.24, 2.45) is 0 Å². The van der Waals surface area contributed by atoms with Crippen molar-refractivity contribution >= 4 is 0 Å². The van der Waals surface area contributed by atoms with Crippen molar-refractivity contribution < 1.29 is 9.47 Å². The van der Waals surface area contributed by atoms with Gasteiger partial charge in [-0.05, 0) is 32.8 Å². The highest BCUT2D eigenvalue weighted by molar-refractivity contribution is 5.25. The molecule has 0 N–H and O–H groups in total. The summed E-state index contributed by atoms with van der Waals surface area (Å²) in [6.07, 6.45) is 1.06. The van der Waals surface area contributed by atoms with Crippen LogP contribution in [0.3, 0.4) is 0 Å². The van der Waals surface area contributed by atoms with E-state index in [2.05, 4.69) is 31.2 Å². The van der Waals surface area contributed by atoms with E-state index >= 15 is 0 Å². The third kappa shape index (κ3) is 3.06. The molecule has 1 rings (SSSR count). The Morgan fingerprint density at radius 2 is 1.44 bits per heavy atom. The first-order valence-electron chi connectivity index (χ1n) is 6.03. The predicted molar refractivity (Wildman–Crippen MR) is 66.4 cm³/mol. The normalized spacial score (nSPS) is 11.8. The zero-order valence-electron chi connectivity index (χ0n) is 10.7. The quantitative estimate of drug-likeness (QED) is 0.686. The van der Waals surface area contributed by atoms with E-state index in [1.54, 1.807) is 0 Å². The highest BCUT2D eigenvalue weighted by Gasteiger charge is 2.27. The molecule has 0 fully saturated rings. The van der Waals surface area contributed by atoms with Gasteiger partial charge in [0, 0.05) is 18.8 Å². The van der Waals surface area contributed by atoms with E-state index in [4.69, 9.17) is 9.47 Å². The van der Waals surface area contributed by atoms with Crippen LogP contribution in [0.2, 0.25) is 0 Å². The molecular weight excluding hydrogens is 200 g/mol. The van der Waals surface area contributed by atoms with Gasteiger partial charge in [0.05, 0.1) is 0 Å². The standard InChI is InChI=1S/C14H22O2/c1-5-12-8-10-13(11-9-12)14(4,15-6-2)16-7-3/h8-11H,5-7H2,1-4H3. The van der Waals surface area contributed by atoms with E-state index in [0.29, 0.717) is 13.2 Å². The fourth-order valence-electron chi connectivity index (χ4n) is 1.80. The molecule has 0 aromatic heterocycles. The lowest BCUT2D eigenvalue weighted by atomic mass is 10.0. The van der Waals surface area contributed by atoms with Gasteiger partial charge in [-0.3, -0.25) is 0 Å². The lowest BCUT2D eigenvalue weighted by Gasteiger charge is -2.29. The number of ether oxygens (including phenoxy) is 2. The predicted octanol–water partition coefficient (Wildman–Crippen LogP) is 3.49. The fourth-order valence-corrected chi connectivity index (χ4v) is 1.80. The van der Waals surface area contributed by atoms with Gasteiger partial charge >= 0.3 is 0 Å². The second kappa shape index (κ2) is 6.02. The van der Waals surface area contributed by atoms with Gasteiger partial charge in [-0.2, -0.15) is 0 Å². The van der Waals surface area contributed by atoms with Crippen LogP contribution < -0.4 is 0 Å². The minimum absolute atomic E-state index is 0.615. The largest absolute Gasteiger partial charge is 0.346 e. The lowest BCUT2D eigenvalue weighted by Crippen LogP contribution is -2.29. The second-order valence-electron chi connectivity index (χ2n) is 3.86. The summed E-state index contributed by atoms with van der Waals surface area (Å²) in [6.45, 7) is 9.38. The van der Waals surface area contributed by atoms with Gasteiger partial charge in [-0.25, -0.2) is 0 Å². The zero-order chi connectivity index (χ0) is 12.0. The Hall–Kier alpha value is -0.860. The Bertz CT molecular complexity index is 297. The van der Waals surface area contributed by atoms with Crippen molar-refractivity contribution in [2.75, 3.05) is 13.2 Å². The number of hydrogen-bond acceptors (Lipinski definition) is 2. The van der Waals surface area contributed by atoms with Crippen LogP contribution in [0.15, 0.2) is 24.3 Å². The summed E-state index contributed by atoms with van der Waals surface area (Å²) in [5, 5.41) is 0. The number of benzene rings is 1. The molecule has 2 heteroatoms. The Kier molecular flexibility index (Phi) is 4.97. The van der Waals surface area contributed by atoms with E-state index in [-0.39, 0.29) is 0 Å². The maximum Gasteiger partial charge on any atom is 0.191 e. The van der Waals surface area contributed by atoms with E-state index in [1.165, 1.54) is 5.56 Å². The summed E-state index contributed by atoms with van der Waals surface area (Å²) < 4.78 is 11.4. The molecule has 2 nitrogen and oxygen atoms in total. The summed E-state index contributed by atoms with van der Waals surface area (Å²) in [5.74, 6) is -0.615. The Labute approximate surface area is 98.6 Å². The molecule has 0 aliphatic heterocycles. The van der Waals surface area contributed by atoms with Crippen molar-refractivity contribution in [3.63, 3.8) is 0 Å². The summed E-state index contributed by atoms with van der Waals surface area (Å²) in [6, 6.07) is 8.44. The van der Waals surface area contributed by atoms with Crippen LogP contribution in [0.4, 0.5) is 0 Å². The highest BCUT2D eigenvalue weighted by Crippen LogP contribution is 2.27. The molecule has 16 heavy (non-hydrogen) atoms. The van der Waals surface area contributed by atoms with Gasteiger partial charge in [-0.1, -0.05) is 31.2 Å². The molecule has 0 radical (unpaired) electrons. The molecule has 0 aliphatic rings. The maximum atomic E-state index is 5.71. The molecular formula is C14H22O2. The van der Waals surface area contributed by atoms with Gasteiger partial charge in [0.25, 0.3) is 0 Å². The number of rotatable bonds is 6.